The number of urea groups is 1. The Kier molecular flexibility index (Phi) is 8.47. The number of nitrogens with zero attached hydrogens (tertiary/aromatic N) is 5. The summed E-state index contributed by atoms with van der Waals surface area (Å²) in [6, 6.07) is 10.7. The van der Waals surface area contributed by atoms with Crippen LogP contribution in [0.25, 0.3) is 11.2 Å². The van der Waals surface area contributed by atoms with E-state index in [1.54, 1.807) is 11.1 Å². The Bertz CT molecular complexity index is 1660. The van der Waals surface area contributed by atoms with Crippen LogP contribution >= 0.6 is 11.6 Å². The minimum atomic E-state index is -0.863. The third-order valence-corrected chi connectivity index (χ3v) is 8.51. The molecule has 14 heteroatoms. The summed E-state index contributed by atoms with van der Waals surface area (Å²) in [5, 5.41) is 9.11. The largest absolute Gasteiger partial charge is 0.369 e. The molecule has 0 spiro atoms. The second-order valence-corrected chi connectivity index (χ2v) is 11.6. The van der Waals surface area contributed by atoms with E-state index in [1.807, 2.05) is 34.9 Å². The molecule has 6 rings (SSSR count). The molecule has 2 aromatic heterocycles. The Morgan fingerprint density at radius 1 is 1.02 bits per heavy atom. The van der Waals surface area contributed by atoms with E-state index in [-0.39, 0.29) is 46.6 Å². The molecule has 2 aliphatic rings. The molecule has 3 heterocycles. The molecule has 5 N–H and O–H groups in total. The van der Waals surface area contributed by atoms with Gasteiger partial charge < -0.3 is 26.6 Å². The van der Waals surface area contributed by atoms with Crippen molar-refractivity contribution in [2.75, 3.05) is 29.0 Å². The zero-order valence-electron chi connectivity index (χ0n) is 23.8. The number of fused-ring (bicyclic) bond motifs is 1. The van der Waals surface area contributed by atoms with Crippen LogP contribution in [0.5, 0.6) is 0 Å². The number of nitrogens with two attached hydrogens (primary N) is 1. The maximum Gasteiger partial charge on any atom is 0.321 e. The topological polar surface area (TPSA) is 143 Å². The molecule has 1 atom stereocenters. The van der Waals surface area contributed by atoms with E-state index >= 15 is 0 Å². The van der Waals surface area contributed by atoms with Crippen LogP contribution < -0.4 is 21.7 Å². The number of likely N-dealkylation sites (tertiary alicyclic amines) is 1. The van der Waals surface area contributed by atoms with Crippen molar-refractivity contribution in [1.82, 2.24) is 24.4 Å². The molecular formula is C30H32ClF2N9O2. The van der Waals surface area contributed by atoms with Crippen molar-refractivity contribution in [2.24, 2.45) is 11.7 Å². The fourth-order valence-corrected chi connectivity index (χ4v) is 6.21. The van der Waals surface area contributed by atoms with Gasteiger partial charge in [-0.1, -0.05) is 29.8 Å². The Labute approximate surface area is 257 Å². The fourth-order valence-electron chi connectivity index (χ4n) is 5.97. The standard InChI is InChI=1S/C30H32ClF2N9O2/c31-22-13-18(32)14-23(33)25(22)39-29-38-24-15-35-28(40-27(24)42(29)21-10-8-17(9-11-21)26(34)43)36-20-7-4-12-41(16-20)30(44)37-19-5-2-1-3-6-19/h1-3,5-6,13-15,17,20-21H,4,7-12,16H2,(H2,34,43)(H,37,44)(H,38,39)(H,35,36,40). The van der Waals surface area contributed by atoms with Crippen molar-refractivity contribution in [3.63, 3.8) is 0 Å². The van der Waals surface area contributed by atoms with Gasteiger partial charge in [-0.25, -0.2) is 23.5 Å². The van der Waals surface area contributed by atoms with E-state index in [0.717, 1.165) is 30.7 Å². The normalized spacial score (nSPS) is 20.3. The van der Waals surface area contributed by atoms with Crippen molar-refractivity contribution in [3.05, 3.63) is 65.3 Å². The predicted molar refractivity (Wildman–Crippen MR) is 164 cm³/mol. The first-order valence-electron chi connectivity index (χ1n) is 14.6. The van der Waals surface area contributed by atoms with Crippen LogP contribution in [0.3, 0.4) is 0 Å². The predicted octanol–water partition coefficient (Wildman–Crippen LogP) is 5.83. The maximum absolute atomic E-state index is 14.8. The summed E-state index contributed by atoms with van der Waals surface area (Å²) < 4.78 is 30.3. The SMILES string of the molecule is NC(=O)C1CCC(n2c(Nc3c(F)cc(F)cc3Cl)nc3cnc(NC4CCCN(C(=O)Nc5ccccc5)C4)nc32)CC1. The second kappa shape index (κ2) is 12.6. The Morgan fingerprint density at radius 2 is 1.80 bits per heavy atom. The average molecular weight is 624 g/mol. The molecule has 44 heavy (non-hydrogen) atoms. The number of carbonyl (C=O) groups excluding carboxylic acids is 2. The lowest BCUT2D eigenvalue weighted by atomic mass is 9.85. The first-order chi connectivity index (χ1) is 21.2. The molecule has 2 fully saturated rings. The lowest BCUT2D eigenvalue weighted by Gasteiger charge is -2.33. The Hall–Kier alpha value is -4.52. The molecule has 1 saturated heterocycles. The van der Waals surface area contributed by atoms with E-state index in [4.69, 9.17) is 22.3 Å². The summed E-state index contributed by atoms with van der Waals surface area (Å²) in [4.78, 5) is 40.4. The number of aromatic nitrogens is 4. The van der Waals surface area contributed by atoms with Crippen LogP contribution in [0.2, 0.25) is 5.02 Å². The van der Waals surface area contributed by atoms with E-state index in [0.29, 0.717) is 55.9 Å². The number of rotatable bonds is 7. The summed E-state index contributed by atoms with van der Waals surface area (Å²) in [6.07, 6.45) is 5.62. The Morgan fingerprint density at radius 3 is 2.52 bits per heavy atom. The van der Waals surface area contributed by atoms with E-state index < -0.39 is 11.6 Å². The number of piperidine rings is 1. The minimum absolute atomic E-state index is 0.0881. The van der Waals surface area contributed by atoms with Crippen molar-refractivity contribution in [3.8, 4) is 0 Å². The highest BCUT2D eigenvalue weighted by molar-refractivity contribution is 6.33. The molecular weight excluding hydrogens is 592 g/mol. The first kappa shape index (κ1) is 29.5. The van der Waals surface area contributed by atoms with Gasteiger partial charge in [0, 0.05) is 42.8 Å². The van der Waals surface area contributed by atoms with Crippen LogP contribution in [0.4, 0.5) is 36.8 Å². The van der Waals surface area contributed by atoms with Crippen molar-refractivity contribution < 1.29 is 18.4 Å². The number of anilines is 4. The quantitative estimate of drug-likeness (QED) is 0.203. The van der Waals surface area contributed by atoms with E-state index in [9.17, 15) is 18.4 Å². The first-order valence-corrected chi connectivity index (χ1v) is 15.0. The molecule has 1 unspecified atom stereocenters. The smallest absolute Gasteiger partial charge is 0.321 e. The van der Waals surface area contributed by atoms with Crippen molar-refractivity contribution in [2.45, 2.75) is 50.6 Å². The van der Waals surface area contributed by atoms with Gasteiger partial charge in [0.05, 0.1) is 16.9 Å². The number of amides is 3. The fraction of sp³-hybridized carbons (Fsp3) is 0.367. The van der Waals surface area contributed by atoms with Gasteiger partial charge in [-0.05, 0) is 56.7 Å². The highest BCUT2D eigenvalue weighted by Gasteiger charge is 2.30. The van der Waals surface area contributed by atoms with E-state index in [1.165, 1.54) is 0 Å². The molecule has 1 aliphatic heterocycles. The van der Waals surface area contributed by atoms with Crippen molar-refractivity contribution in [1.29, 1.82) is 0 Å². The zero-order valence-corrected chi connectivity index (χ0v) is 24.5. The minimum Gasteiger partial charge on any atom is -0.369 e. The van der Waals surface area contributed by atoms with Crippen LogP contribution in [0.15, 0.2) is 48.7 Å². The molecule has 230 valence electrons. The summed E-state index contributed by atoms with van der Waals surface area (Å²) in [5.74, 6) is -1.58. The molecule has 4 aromatic rings. The summed E-state index contributed by atoms with van der Waals surface area (Å²) >= 11 is 6.19. The van der Waals surface area contributed by atoms with Gasteiger partial charge in [-0.15, -0.1) is 0 Å². The van der Waals surface area contributed by atoms with Crippen LogP contribution in [-0.4, -0.2) is 55.5 Å². The number of hydrogen-bond donors (Lipinski definition) is 4. The third-order valence-electron chi connectivity index (χ3n) is 8.21. The summed E-state index contributed by atoms with van der Waals surface area (Å²) in [6.45, 7) is 1.10. The molecule has 1 saturated carbocycles. The van der Waals surface area contributed by atoms with Crippen LogP contribution in [0, 0.1) is 17.6 Å². The lowest BCUT2D eigenvalue weighted by Crippen LogP contribution is -2.47. The molecule has 11 nitrogen and oxygen atoms in total. The third kappa shape index (κ3) is 6.37. The number of hydrogen-bond acceptors (Lipinski definition) is 7. The number of carbonyl (C=O) groups is 2. The average Bonchev–Trinajstić information content (AvgIpc) is 3.37. The highest BCUT2D eigenvalue weighted by atomic mass is 35.5. The lowest BCUT2D eigenvalue weighted by molar-refractivity contribution is -0.122. The zero-order chi connectivity index (χ0) is 30.8. The number of primary amides is 1. The maximum atomic E-state index is 14.8. The molecule has 2 aromatic carbocycles. The number of para-hydroxylation sites is 1. The highest BCUT2D eigenvalue weighted by Crippen LogP contribution is 2.38. The van der Waals surface area contributed by atoms with E-state index in [2.05, 4.69) is 25.9 Å². The number of benzene rings is 2. The summed E-state index contributed by atoms with van der Waals surface area (Å²) in [7, 11) is 0. The number of halogens is 3. The monoisotopic (exact) mass is 623 g/mol. The van der Waals surface area contributed by atoms with Gasteiger partial charge in [0.15, 0.2) is 11.5 Å². The van der Waals surface area contributed by atoms with Gasteiger partial charge in [0.1, 0.15) is 11.3 Å². The second-order valence-electron chi connectivity index (χ2n) is 11.2. The summed E-state index contributed by atoms with van der Waals surface area (Å²) in [5.41, 5.74) is 7.13. The van der Waals surface area contributed by atoms with Crippen molar-refractivity contribution >= 4 is 58.0 Å². The molecule has 0 bridgehead atoms. The van der Waals surface area contributed by atoms with Gasteiger partial charge in [0.2, 0.25) is 17.8 Å². The van der Waals surface area contributed by atoms with Crippen LogP contribution in [0.1, 0.15) is 44.6 Å². The molecule has 1 aliphatic carbocycles. The van der Waals surface area contributed by atoms with Gasteiger partial charge in [-0.3, -0.25) is 9.36 Å². The molecule has 3 amide bonds. The molecule has 0 radical (unpaired) electrons. The van der Waals surface area contributed by atoms with Gasteiger partial charge in [0.25, 0.3) is 0 Å². The number of imidazole rings is 1. The van der Waals surface area contributed by atoms with Gasteiger partial charge in [-0.2, -0.15) is 4.98 Å². The number of nitrogens with one attached hydrogen (secondary N) is 3. The van der Waals surface area contributed by atoms with Crippen LogP contribution in [-0.2, 0) is 4.79 Å². The Balaban J connectivity index is 1.26. The van der Waals surface area contributed by atoms with Gasteiger partial charge >= 0.3 is 6.03 Å².